The zero-order valence-corrected chi connectivity index (χ0v) is 22.0. The molecular weight excluding hydrogens is 426 g/mol. The predicted molar refractivity (Wildman–Crippen MR) is 139 cm³/mol. The van der Waals surface area contributed by atoms with Crippen molar-refractivity contribution < 1.29 is 18.9 Å². The standard InChI is InChI=1S/C29H37NO4/c1-18-10-21(4)27(22(5)11-18)30(25-14-19(2)12-23(6)28(25)33-16-31-8)26-15-20(3)13-24(7)29(26)34-17-32-9/h10-15H,16-17H2,1-9H3. The van der Waals surface area contributed by atoms with Gasteiger partial charge in [0, 0.05) is 14.2 Å². The van der Waals surface area contributed by atoms with Gasteiger partial charge in [-0.05, 0) is 94.0 Å². The highest BCUT2D eigenvalue weighted by Gasteiger charge is 2.26. The molecule has 0 aliphatic carbocycles. The van der Waals surface area contributed by atoms with Crippen molar-refractivity contribution in [2.75, 3.05) is 32.7 Å². The highest BCUT2D eigenvalue weighted by molar-refractivity contribution is 5.87. The molecule has 34 heavy (non-hydrogen) atoms. The Hall–Kier alpha value is -3.02. The second kappa shape index (κ2) is 10.9. The maximum atomic E-state index is 6.15. The van der Waals surface area contributed by atoms with E-state index < -0.39 is 0 Å². The van der Waals surface area contributed by atoms with Crippen molar-refractivity contribution >= 4 is 17.1 Å². The van der Waals surface area contributed by atoms with Crippen LogP contribution in [-0.4, -0.2) is 27.8 Å². The molecule has 5 heteroatoms. The lowest BCUT2D eigenvalue weighted by atomic mass is 9.99. The van der Waals surface area contributed by atoms with Gasteiger partial charge in [-0.15, -0.1) is 0 Å². The van der Waals surface area contributed by atoms with Gasteiger partial charge in [-0.2, -0.15) is 0 Å². The summed E-state index contributed by atoms with van der Waals surface area (Å²) in [6, 6.07) is 13.0. The van der Waals surface area contributed by atoms with Crippen LogP contribution in [0.15, 0.2) is 36.4 Å². The minimum Gasteiger partial charge on any atom is -0.465 e. The summed E-state index contributed by atoms with van der Waals surface area (Å²) in [5, 5.41) is 0. The zero-order chi connectivity index (χ0) is 25.0. The van der Waals surface area contributed by atoms with E-state index in [9.17, 15) is 0 Å². The first-order valence-electron chi connectivity index (χ1n) is 11.5. The van der Waals surface area contributed by atoms with Crippen LogP contribution < -0.4 is 14.4 Å². The van der Waals surface area contributed by atoms with Crippen molar-refractivity contribution in [1.29, 1.82) is 0 Å². The first kappa shape index (κ1) is 25.6. The summed E-state index contributed by atoms with van der Waals surface area (Å²) in [5.74, 6) is 1.56. The molecule has 0 saturated carbocycles. The molecule has 3 aromatic carbocycles. The molecule has 0 heterocycles. The topological polar surface area (TPSA) is 40.2 Å². The smallest absolute Gasteiger partial charge is 0.188 e. The molecular formula is C29H37NO4. The van der Waals surface area contributed by atoms with Crippen molar-refractivity contribution in [3.63, 3.8) is 0 Å². The lowest BCUT2D eigenvalue weighted by molar-refractivity contribution is 0.0506. The lowest BCUT2D eigenvalue weighted by Crippen LogP contribution is -2.18. The predicted octanol–water partition coefficient (Wildman–Crippen LogP) is 7.28. The lowest BCUT2D eigenvalue weighted by Gasteiger charge is -2.33. The molecule has 0 N–H and O–H groups in total. The number of hydrogen-bond donors (Lipinski definition) is 0. The van der Waals surface area contributed by atoms with Gasteiger partial charge in [-0.25, -0.2) is 0 Å². The van der Waals surface area contributed by atoms with Crippen LogP contribution in [0.1, 0.15) is 38.9 Å². The molecule has 3 aromatic rings. The molecule has 0 radical (unpaired) electrons. The second-order valence-electron chi connectivity index (χ2n) is 9.04. The van der Waals surface area contributed by atoms with Crippen molar-refractivity contribution in [2.24, 2.45) is 0 Å². The van der Waals surface area contributed by atoms with E-state index in [1.165, 1.54) is 16.7 Å². The minimum atomic E-state index is 0.163. The highest BCUT2D eigenvalue weighted by atomic mass is 16.7. The number of benzene rings is 3. The van der Waals surface area contributed by atoms with Gasteiger partial charge in [0.1, 0.15) is 11.5 Å². The fourth-order valence-electron chi connectivity index (χ4n) is 4.70. The Morgan fingerprint density at radius 3 is 1.26 bits per heavy atom. The normalized spacial score (nSPS) is 11.0. The van der Waals surface area contributed by atoms with Crippen LogP contribution in [0.4, 0.5) is 17.1 Å². The summed E-state index contributed by atoms with van der Waals surface area (Å²) in [4.78, 5) is 2.26. The SMILES string of the molecule is COCOc1c(C)cc(C)cc1N(c1cc(C)cc(C)c1OCOC)c1c(C)cc(C)cc1C. The van der Waals surface area contributed by atoms with Crippen molar-refractivity contribution in [3.8, 4) is 11.5 Å². The monoisotopic (exact) mass is 463 g/mol. The summed E-state index contributed by atoms with van der Waals surface area (Å²) in [6.07, 6.45) is 0. The van der Waals surface area contributed by atoms with E-state index in [4.69, 9.17) is 18.9 Å². The first-order valence-corrected chi connectivity index (χ1v) is 11.5. The maximum absolute atomic E-state index is 6.15. The average Bonchev–Trinajstić information content (AvgIpc) is 2.74. The summed E-state index contributed by atoms with van der Waals surface area (Å²) in [7, 11) is 3.27. The molecule has 0 unspecified atom stereocenters. The Labute approximate surface area is 204 Å². The number of ether oxygens (including phenoxy) is 4. The fourth-order valence-corrected chi connectivity index (χ4v) is 4.70. The molecule has 0 aliphatic rings. The third-order valence-electron chi connectivity index (χ3n) is 5.78. The van der Waals surface area contributed by atoms with Gasteiger partial charge in [-0.3, -0.25) is 0 Å². The molecule has 0 aliphatic heterocycles. The van der Waals surface area contributed by atoms with Crippen molar-refractivity contribution in [1.82, 2.24) is 0 Å². The van der Waals surface area contributed by atoms with Gasteiger partial charge in [0.05, 0.1) is 17.1 Å². The highest BCUT2D eigenvalue weighted by Crippen LogP contribution is 2.49. The van der Waals surface area contributed by atoms with Crippen LogP contribution in [0.25, 0.3) is 0 Å². The number of rotatable bonds is 9. The van der Waals surface area contributed by atoms with E-state index in [-0.39, 0.29) is 13.6 Å². The van der Waals surface area contributed by atoms with E-state index in [2.05, 4.69) is 89.8 Å². The number of methoxy groups -OCH3 is 2. The maximum Gasteiger partial charge on any atom is 0.188 e. The van der Waals surface area contributed by atoms with Gasteiger partial charge < -0.3 is 23.8 Å². The van der Waals surface area contributed by atoms with Crippen molar-refractivity contribution in [3.05, 3.63) is 75.3 Å². The summed E-state index contributed by atoms with van der Waals surface area (Å²) >= 11 is 0. The van der Waals surface area contributed by atoms with E-state index in [1.54, 1.807) is 14.2 Å². The third kappa shape index (κ3) is 5.37. The van der Waals surface area contributed by atoms with Crippen LogP contribution >= 0.6 is 0 Å². The van der Waals surface area contributed by atoms with Crippen LogP contribution in [0.3, 0.4) is 0 Å². The molecule has 0 atom stereocenters. The first-order chi connectivity index (χ1) is 16.2. The largest absolute Gasteiger partial charge is 0.465 e. The summed E-state index contributed by atoms with van der Waals surface area (Å²) in [6.45, 7) is 15.1. The Balaban J connectivity index is 2.43. The van der Waals surface area contributed by atoms with E-state index >= 15 is 0 Å². The molecule has 3 rings (SSSR count). The molecule has 5 nitrogen and oxygen atoms in total. The van der Waals surface area contributed by atoms with Gasteiger partial charge in [0.25, 0.3) is 0 Å². The van der Waals surface area contributed by atoms with E-state index in [0.717, 1.165) is 50.8 Å². The summed E-state index contributed by atoms with van der Waals surface area (Å²) in [5.41, 5.74) is 10.9. The fraction of sp³-hybridized carbons (Fsp3) is 0.379. The molecule has 0 saturated heterocycles. The van der Waals surface area contributed by atoms with Crippen molar-refractivity contribution in [2.45, 2.75) is 48.5 Å². The number of aryl methyl sites for hydroxylation is 7. The number of hydrogen-bond acceptors (Lipinski definition) is 5. The van der Waals surface area contributed by atoms with E-state index in [1.807, 2.05) is 0 Å². The Bertz CT molecular complexity index is 1080. The third-order valence-corrected chi connectivity index (χ3v) is 5.78. The molecule has 0 fully saturated rings. The molecule has 0 amide bonds. The Morgan fingerprint density at radius 1 is 0.529 bits per heavy atom. The van der Waals surface area contributed by atoms with Gasteiger partial charge in [0.2, 0.25) is 0 Å². The minimum absolute atomic E-state index is 0.163. The zero-order valence-electron chi connectivity index (χ0n) is 22.0. The van der Waals surface area contributed by atoms with Gasteiger partial charge >= 0.3 is 0 Å². The number of anilines is 3. The second-order valence-corrected chi connectivity index (χ2v) is 9.04. The van der Waals surface area contributed by atoms with Crippen LogP contribution in [0.2, 0.25) is 0 Å². The van der Waals surface area contributed by atoms with Crippen LogP contribution in [0, 0.1) is 48.5 Å². The molecule has 182 valence electrons. The summed E-state index contributed by atoms with van der Waals surface area (Å²) < 4.78 is 22.9. The van der Waals surface area contributed by atoms with Crippen LogP contribution in [0.5, 0.6) is 11.5 Å². The van der Waals surface area contributed by atoms with Crippen LogP contribution in [-0.2, 0) is 9.47 Å². The Morgan fingerprint density at radius 2 is 0.882 bits per heavy atom. The molecule has 0 bridgehead atoms. The van der Waals surface area contributed by atoms with Gasteiger partial charge in [0.15, 0.2) is 13.6 Å². The van der Waals surface area contributed by atoms with Gasteiger partial charge in [-0.1, -0.05) is 29.8 Å². The Kier molecular flexibility index (Phi) is 8.24. The van der Waals surface area contributed by atoms with E-state index in [0.29, 0.717) is 0 Å². The molecule has 0 spiro atoms. The molecule has 0 aromatic heterocycles. The number of nitrogens with zero attached hydrogens (tertiary/aromatic N) is 1. The quantitative estimate of drug-likeness (QED) is 0.312. The average molecular weight is 464 g/mol.